The van der Waals surface area contributed by atoms with E-state index in [1.807, 2.05) is 24.3 Å². The molecule has 0 spiro atoms. The van der Waals surface area contributed by atoms with Crippen molar-refractivity contribution in [2.45, 2.75) is 26.3 Å². The van der Waals surface area contributed by atoms with Gasteiger partial charge in [0.2, 0.25) is 11.8 Å². The van der Waals surface area contributed by atoms with E-state index in [2.05, 4.69) is 0 Å². The maximum Gasteiger partial charge on any atom is 0.224 e. The van der Waals surface area contributed by atoms with Crippen molar-refractivity contribution < 1.29 is 22.8 Å². The van der Waals surface area contributed by atoms with E-state index in [1.165, 1.54) is 12.5 Å². The summed E-state index contributed by atoms with van der Waals surface area (Å²) in [5, 5.41) is 0. The van der Waals surface area contributed by atoms with Crippen LogP contribution in [-0.2, 0) is 22.6 Å². The molecule has 0 saturated heterocycles. The Morgan fingerprint density at radius 1 is 1.04 bits per heavy atom. The zero-order valence-electron chi connectivity index (χ0n) is 14.8. The highest BCUT2D eigenvalue weighted by atomic mass is 19.2. The lowest BCUT2D eigenvalue weighted by Crippen LogP contribution is -2.39. The van der Waals surface area contributed by atoms with Gasteiger partial charge in [0.25, 0.3) is 0 Å². The lowest BCUT2D eigenvalue weighted by Gasteiger charge is -2.30. The summed E-state index contributed by atoms with van der Waals surface area (Å²) in [7, 11) is 0. The van der Waals surface area contributed by atoms with Crippen LogP contribution >= 0.6 is 0 Å². The zero-order valence-corrected chi connectivity index (χ0v) is 14.8. The van der Waals surface area contributed by atoms with Crippen LogP contribution in [0.1, 0.15) is 24.5 Å². The maximum absolute atomic E-state index is 14.0. The van der Waals surface area contributed by atoms with E-state index in [0.29, 0.717) is 13.1 Å². The maximum atomic E-state index is 14.0. The topological polar surface area (TPSA) is 40.6 Å². The molecule has 1 aliphatic rings. The molecule has 27 heavy (non-hydrogen) atoms. The summed E-state index contributed by atoms with van der Waals surface area (Å²) in [5.74, 6) is -5.15. The Bertz CT molecular complexity index is 886. The van der Waals surface area contributed by atoms with Gasteiger partial charge in [-0.2, -0.15) is 0 Å². The number of benzene rings is 2. The summed E-state index contributed by atoms with van der Waals surface area (Å²) in [6.45, 7) is 2.11. The van der Waals surface area contributed by atoms with Gasteiger partial charge in [-0.25, -0.2) is 13.2 Å². The summed E-state index contributed by atoms with van der Waals surface area (Å²) in [6.07, 6.45) is 0.705. The second-order valence-electron chi connectivity index (χ2n) is 6.45. The smallest absolute Gasteiger partial charge is 0.224 e. The summed E-state index contributed by atoms with van der Waals surface area (Å²) in [4.78, 5) is 27.0. The molecule has 0 saturated carbocycles. The molecule has 2 amide bonds. The molecule has 0 atom stereocenters. The normalized spacial score (nSPS) is 13.3. The molecule has 0 radical (unpaired) electrons. The Labute approximate surface area is 155 Å². The average Bonchev–Trinajstić information content (AvgIpc) is 2.67. The first-order valence-corrected chi connectivity index (χ1v) is 8.64. The average molecular weight is 376 g/mol. The molecular weight excluding hydrogens is 357 g/mol. The first-order valence-electron chi connectivity index (χ1n) is 8.64. The molecule has 0 aromatic heterocycles. The van der Waals surface area contributed by atoms with Gasteiger partial charge < -0.3 is 9.80 Å². The third-order valence-electron chi connectivity index (χ3n) is 4.72. The second kappa shape index (κ2) is 7.82. The Kier molecular flexibility index (Phi) is 5.48. The molecule has 1 heterocycles. The third kappa shape index (κ3) is 3.97. The minimum absolute atomic E-state index is 0.0415. The minimum atomic E-state index is -1.64. The molecule has 0 bridgehead atoms. The second-order valence-corrected chi connectivity index (χ2v) is 6.45. The van der Waals surface area contributed by atoms with E-state index in [-0.39, 0.29) is 24.6 Å². The SMILES string of the molecule is CC(=O)N(CCC(=O)N1CCc2ccccc2C1)c1ccc(F)c(F)c1F. The number of carbonyl (C=O) groups is 2. The van der Waals surface area contributed by atoms with Gasteiger partial charge in [-0.1, -0.05) is 24.3 Å². The molecule has 7 heteroatoms. The van der Waals surface area contributed by atoms with Gasteiger partial charge in [-0.15, -0.1) is 0 Å². The molecule has 2 aromatic carbocycles. The van der Waals surface area contributed by atoms with E-state index >= 15 is 0 Å². The van der Waals surface area contributed by atoms with E-state index in [9.17, 15) is 22.8 Å². The van der Waals surface area contributed by atoms with Gasteiger partial charge in [-0.3, -0.25) is 9.59 Å². The van der Waals surface area contributed by atoms with Crippen LogP contribution in [-0.4, -0.2) is 29.8 Å². The van der Waals surface area contributed by atoms with Crippen LogP contribution in [0.5, 0.6) is 0 Å². The third-order valence-corrected chi connectivity index (χ3v) is 4.72. The van der Waals surface area contributed by atoms with Crippen LogP contribution in [0.15, 0.2) is 36.4 Å². The quantitative estimate of drug-likeness (QED) is 0.767. The predicted octanol–water partition coefficient (Wildman–Crippen LogP) is 3.43. The largest absolute Gasteiger partial charge is 0.338 e. The van der Waals surface area contributed by atoms with Gasteiger partial charge in [0.05, 0.1) is 5.69 Å². The molecule has 142 valence electrons. The number of rotatable bonds is 4. The molecule has 3 rings (SSSR count). The van der Waals surface area contributed by atoms with E-state index < -0.39 is 23.4 Å². The molecule has 0 aliphatic carbocycles. The van der Waals surface area contributed by atoms with Crippen molar-refractivity contribution in [1.29, 1.82) is 0 Å². The zero-order chi connectivity index (χ0) is 19.6. The summed E-state index contributed by atoms with van der Waals surface area (Å²) < 4.78 is 40.6. The fourth-order valence-electron chi connectivity index (χ4n) is 3.25. The van der Waals surface area contributed by atoms with Crippen LogP contribution in [0, 0.1) is 17.5 Å². The van der Waals surface area contributed by atoms with Gasteiger partial charge in [-0.05, 0) is 29.7 Å². The summed E-state index contributed by atoms with van der Waals surface area (Å²) in [6, 6.07) is 9.62. The number of amides is 2. The Morgan fingerprint density at radius 2 is 1.74 bits per heavy atom. The molecule has 0 unspecified atom stereocenters. The van der Waals surface area contributed by atoms with Gasteiger partial charge >= 0.3 is 0 Å². The van der Waals surface area contributed by atoms with Crippen molar-refractivity contribution in [2.75, 3.05) is 18.0 Å². The van der Waals surface area contributed by atoms with Crippen LogP contribution in [0.4, 0.5) is 18.9 Å². The van der Waals surface area contributed by atoms with E-state index in [1.54, 1.807) is 4.90 Å². The predicted molar refractivity (Wildman–Crippen MR) is 94.5 cm³/mol. The summed E-state index contributed by atoms with van der Waals surface area (Å²) in [5.41, 5.74) is 1.90. The standard InChI is InChI=1S/C20H19F3N2O2/c1-13(26)25(17-7-6-16(21)19(22)20(17)23)11-9-18(27)24-10-8-14-4-2-3-5-15(14)12-24/h2-7H,8-12H2,1H3. The van der Waals surface area contributed by atoms with Gasteiger partial charge in [0, 0.05) is 33.0 Å². The Balaban J connectivity index is 1.69. The van der Waals surface area contributed by atoms with Crippen molar-refractivity contribution in [3.05, 3.63) is 65.0 Å². The number of nitrogens with zero attached hydrogens (tertiary/aromatic N) is 2. The van der Waals surface area contributed by atoms with Crippen LogP contribution < -0.4 is 4.90 Å². The minimum Gasteiger partial charge on any atom is -0.338 e. The number of hydrogen-bond acceptors (Lipinski definition) is 2. The van der Waals surface area contributed by atoms with Crippen LogP contribution in [0.25, 0.3) is 0 Å². The molecule has 2 aromatic rings. The number of hydrogen-bond donors (Lipinski definition) is 0. The fourth-order valence-corrected chi connectivity index (χ4v) is 3.25. The highest BCUT2D eigenvalue weighted by molar-refractivity contribution is 5.92. The monoisotopic (exact) mass is 376 g/mol. The molecular formula is C20H19F3N2O2. The fraction of sp³-hybridized carbons (Fsp3) is 0.300. The molecule has 0 fully saturated rings. The van der Waals surface area contributed by atoms with Crippen LogP contribution in [0.3, 0.4) is 0 Å². The van der Waals surface area contributed by atoms with Gasteiger partial charge in [0.15, 0.2) is 17.5 Å². The highest BCUT2D eigenvalue weighted by Crippen LogP contribution is 2.25. The lowest BCUT2D eigenvalue weighted by atomic mass is 10.00. The molecule has 0 N–H and O–H groups in total. The van der Waals surface area contributed by atoms with Crippen molar-refractivity contribution in [1.82, 2.24) is 4.90 Å². The van der Waals surface area contributed by atoms with Gasteiger partial charge in [0.1, 0.15) is 0 Å². The van der Waals surface area contributed by atoms with E-state index in [0.717, 1.165) is 29.0 Å². The lowest BCUT2D eigenvalue weighted by molar-refractivity contribution is -0.131. The first-order chi connectivity index (χ1) is 12.9. The number of anilines is 1. The van der Waals surface area contributed by atoms with Crippen molar-refractivity contribution in [3.8, 4) is 0 Å². The summed E-state index contributed by atoms with van der Waals surface area (Å²) >= 11 is 0. The highest BCUT2D eigenvalue weighted by Gasteiger charge is 2.24. The molecule has 4 nitrogen and oxygen atoms in total. The van der Waals surface area contributed by atoms with Crippen molar-refractivity contribution in [2.24, 2.45) is 0 Å². The van der Waals surface area contributed by atoms with E-state index in [4.69, 9.17) is 0 Å². The Hall–Kier alpha value is -2.83. The van der Waals surface area contributed by atoms with Crippen molar-refractivity contribution >= 4 is 17.5 Å². The number of carbonyl (C=O) groups excluding carboxylic acids is 2. The Morgan fingerprint density at radius 3 is 2.44 bits per heavy atom. The first kappa shape index (κ1) is 18.9. The van der Waals surface area contributed by atoms with Crippen LogP contribution in [0.2, 0.25) is 0 Å². The van der Waals surface area contributed by atoms with Crippen molar-refractivity contribution in [3.63, 3.8) is 0 Å². The number of halogens is 3. The number of fused-ring (bicyclic) bond motifs is 1. The molecule has 1 aliphatic heterocycles.